The van der Waals surface area contributed by atoms with Crippen LogP contribution in [0.3, 0.4) is 0 Å². The third kappa shape index (κ3) is 3.64. The molecular weight excluding hydrogens is 256 g/mol. The van der Waals surface area contributed by atoms with Gasteiger partial charge in [-0.05, 0) is 31.0 Å². The van der Waals surface area contributed by atoms with Crippen LogP contribution < -0.4 is 4.90 Å². The van der Waals surface area contributed by atoms with Crippen LogP contribution in [0.5, 0.6) is 0 Å². The predicted octanol–water partition coefficient (Wildman–Crippen LogP) is 3.82. The second kappa shape index (κ2) is 7.16. The fourth-order valence-corrected chi connectivity index (χ4v) is 3.06. The minimum Gasteiger partial charge on any atom is -0.368 e. The van der Waals surface area contributed by atoms with E-state index in [1.165, 1.54) is 30.6 Å². The highest BCUT2D eigenvalue weighted by molar-refractivity contribution is 6.34. The molecule has 0 radical (unpaired) electrons. The molecule has 1 saturated heterocycles. The molecule has 0 saturated carbocycles. The number of hydrogen-bond acceptors (Lipinski definition) is 2. The molecule has 106 valence electrons. The van der Waals surface area contributed by atoms with Crippen LogP contribution in [0, 0.1) is 0 Å². The smallest absolute Gasteiger partial charge is 0.0671 e. The Morgan fingerprint density at radius 2 is 1.84 bits per heavy atom. The van der Waals surface area contributed by atoms with E-state index in [-0.39, 0.29) is 0 Å². The molecular formula is C16H25ClN2. The molecule has 0 aromatic heterocycles. The number of hydrogen-bond donors (Lipinski definition) is 0. The van der Waals surface area contributed by atoms with Gasteiger partial charge in [0.15, 0.2) is 0 Å². The molecule has 0 aliphatic carbocycles. The zero-order valence-corrected chi connectivity index (χ0v) is 12.9. The number of unbranched alkanes of at least 4 members (excludes halogenated alkanes) is 1. The van der Waals surface area contributed by atoms with Crippen molar-refractivity contribution >= 4 is 17.3 Å². The molecule has 2 nitrogen and oxygen atoms in total. The quantitative estimate of drug-likeness (QED) is 0.809. The van der Waals surface area contributed by atoms with Crippen LogP contribution in [0.1, 0.15) is 32.3 Å². The zero-order valence-electron chi connectivity index (χ0n) is 12.2. The Kier molecular flexibility index (Phi) is 5.53. The van der Waals surface area contributed by atoms with Gasteiger partial charge in [0.05, 0.1) is 10.7 Å². The number of benzene rings is 1. The van der Waals surface area contributed by atoms with E-state index < -0.39 is 0 Å². The van der Waals surface area contributed by atoms with Crippen molar-refractivity contribution in [3.05, 3.63) is 28.8 Å². The van der Waals surface area contributed by atoms with Crippen molar-refractivity contribution in [2.45, 2.75) is 33.1 Å². The molecule has 0 amide bonds. The summed E-state index contributed by atoms with van der Waals surface area (Å²) in [6.07, 6.45) is 3.60. The molecule has 19 heavy (non-hydrogen) atoms. The van der Waals surface area contributed by atoms with E-state index >= 15 is 0 Å². The Hall–Kier alpha value is -0.730. The Bertz CT molecular complexity index is 398. The summed E-state index contributed by atoms with van der Waals surface area (Å²) in [5, 5.41) is 0.951. The van der Waals surface area contributed by atoms with Crippen molar-refractivity contribution in [2.24, 2.45) is 0 Å². The maximum absolute atomic E-state index is 6.51. The van der Waals surface area contributed by atoms with Gasteiger partial charge in [0.2, 0.25) is 0 Å². The molecule has 1 aromatic carbocycles. The molecule has 0 N–H and O–H groups in total. The van der Waals surface area contributed by atoms with E-state index in [1.807, 2.05) is 0 Å². The lowest BCUT2D eigenvalue weighted by molar-refractivity contribution is 0.254. The summed E-state index contributed by atoms with van der Waals surface area (Å²) in [5.74, 6) is 0. The number of halogens is 1. The minimum absolute atomic E-state index is 0.951. The first kappa shape index (κ1) is 14.7. The molecule has 3 heteroatoms. The summed E-state index contributed by atoms with van der Waals surface area (Å²) in [5.41, 5.74) is 2.48. The summed E-state index contributed by atoms with van der Waals surface area (Å²) < 4.78 is 0. The molecule has 2 rings (SSSR count). The number of rotatable bonds is 5. The molecule has 1 heterocycles. The second-order valence-electron chi connectivity index (χ2n) is 5.29. The molecule has 0 spiro atoms. The van der Waals surface area contributed by atoms with Crippen LogP contribution in [0.4, 0.5) is 5.69 Å². The van der Waals surface area contributed by atoms with Crippen molar-refractivity contribution in [2.75, 3.05) is 37.6 Å². The van der Waals surface area contributed by atoms with E-state index in [0.29, 0.717) is 0 Å². The lowest BCUT2D eigenvalue weighted by Gasteiger charge is -2.36. The largest absolute Gasteiger partial charge is 0.368 e. The topological polar surface area (TPSA) is 6.48 Å². The maximum Gasteiger partial charge on any atom is 0.0671 e. The SMILES string of the molecule is CCCCN1CCN(c2cccc(CC)c2Cl)CC1. The summed E-state index contributed by atoms with van der Waals surface area (Å²) in [7, 11) is 0. The van der Waals surface area contributed by atoms with E-state index in [2.05, 4.69) is 41.8 Å². The molecule has 0 unspecified atom stereocenters. The number of anilines is 1. The number of nitrogens with zero attached hydrogens (tertiary/aromatic N) is 2. The van der Waals surface area contributed by atoms with Crippen LogP contribution in [-0.4, -0.2) is 37.6 Å². The monoisotopic (exact) mass is 280 g/mol. The van der Waals surface area contributed by atoms with Crippen LogP contribution in [0.25, 0.3) is 0 Å². The van der Waals surface area contributed by atoms with Gasteiger partial charge in [-0.1, -0.05) is 44.0 Å². The highest BCUT2D eigenvalue weighted by atomic mass is 35.5. The lowest BCUT2D eigenvalue weighted by Crippen LogP contribution is -2.46. The minimum atomic E-state index is 0.951. The van der Waals surface area contributed by atoms with Crippen molar-refractivity contribution in [3.8, 4) is 0 Å². The van der Waals surface area contributed by atoms with Gasteiger partial charge in [0.1, 0.15) is 0 Å². The number of aryl methyl sites for hydroxylation is 1. The third-order valence-corrected chi connectivity index (χ3v) is 4.42. The summed E-state index contributed by atoms with van der Waals surface area (Å²) >= 11 is 6.51. The van der Waals surface area contributed by atoms with Gasteiger partial charge in [0.25, 0.3) is 0 Å². The number of piperazine rings is 1. The van der Waals surface area contributed by atoms with Crippen molar-refractivity contribution in [1.29, 1.82) is 0 Å². The predicted molar refractivity (Wildman–Crippen MR) is 84.4 cm³/mol. The van der Waals surface area contributed by atoms with E-state index in [9.17, 15) is 0 Å². The zero-order chi connectivity index (χ0) is 13.7. The normalized spacial score (nSPS) is 16.9. The van der Waals surface area contributed by atoms with E-state index in [4.69, 9.17) is 11.6 Å². The van der Waals surface area contributed by atoms with Crippen molar-refractivity contribution in [3.63, 3.8) is 0 Å². The van der Waals surface area contributed by atoms with Gasteiger partial charge in [-0.15, -0.1) is 0 Å². The van der Waals surface area contributed by atoms with Crippen molar-refractivity contribution < 1.29 is 0 Å². The second-order valence-corrected chi connectivity index (χ2v) is 5.66. The lowest BCUT2D eigenvalue weighted by atomic mass is 10.1. The average Bonchev–Trinajstić information content (AvgIpc) is 2.46. The molecule has 1 aliphatic rings. The van der Waals surface area contributed by atoms with Crippen LogP contribution in [0.15, 0.2) is 18.2 Å². The Balaban J connectivity index is 1.98. The first-order chi connectivity index (χ1) is 9.26. The van der Waals surface area contributed by atoms with Gasteiger partial charge in [-0.2, -0.15) is 0 Å². The highest BCUT2D eigenvalue weighted by Crippen LogP contribution is 2.30. The van der Waals surface area contributed by atoms with Gasteiger partial charge in [-0.25, -0.2) is 0 Å². The van der Waals surface area contributed by atoms with Crippen molar-refractivity contribution in [1.82, 2.24) is 4.90 Å². The fraction of sp³-hybridized carbons (Fsp3) is 0.625. The van der Waals surface area contributed by atoms with Gasteiger partial charge in [-0.3, -0.25) is 4.90 Å². The summed E-state index contributed by atoms with van der Waals surface area (Å²) in [6.45, 7) is 10.2. The van der Waals surface area contributed by atoms with Gasteiger partial charge in [0, 0.05) is 26.2 Å². The highest BCUT2D eigenvalue weighted by Gasteiger charge is 2.19. The van der Waals surface area contributed by atoms with E-state index in [0.717, 1.165) is 37.6 Å². The fourth-order valence-electron chi connectivity index (χ4n) is 2.68. The third-order valence-electron chi connectivity index (χ3n) is 3.98. The Morgan fingerprint density at radius 1 is 1.11 bits per heavy atom. The Morgan fingerprint density at radius 3 is 2.47 bits per heavy atom. The molecule has 1 fully saturated rings. The van der Waals surface area contributed by atoms with E-state index in [1.54, 1.807) is 0 Å². The summed E-state index contributed by atoms with van der Waals surface area (Å²) in [4.78, 5) is 5.00. The van der Waals surface area contributed by atoms with Crippen LogP contribution in [0.2, 0.25) is 5.02 Å². The first-order valence-electron chi connectivity index (χ1n) is 7.51. The van der Waals surface area contributed by atoms with Gasteiger partial charge >= 0.3 is 0 Å². The van der Waals surface area contributed by atoms with Crippen LogP contribution in [-0.2, 0) is 6.42 Å². The van der Waals surface area contributed by atoms with Gasteiger partial charge < -0.3 is 4.90 Å². The maximum atomic E-state index is 6.51. The summed E-state index contributed by atoms with van der Waals surface area (Å²) in [6, 6.07) is 6.41. The standard InChI is InChI=1S/C16H25ClN2/c1-3-5-9-18-10-12-19(13-11-18)15-8-6-7-14(4-2)16(15)17/h6-8H,3-5,9-13H2,1-2H3. The first-order valence-corrected chi connectivity index (χ1v) is 7.88. The average molecular weight is 281 g/mol. The molecule has 1 aromatic rings. The molecule has 1 aliphatic heterocycles. The molecule has 0 bridgehead atoms. The van der Waals surface area contributed by atoms with Crippen LogP contribution >= 0.6 is 11.6 Å². The Labute approximate surface area is 122 Å². The molecule has 0 atom stereocenters.